The number of thiophene rings is 1. The minimum absolute atomic E-state index is 0.0185. The quantitative estimate of drug-likeness (QED) is 0.434. The van der Waals surface area contributed by atoms with Gasteiger partial charge in [0.05, 0.1) is 0 Å². The lowest BCUT2D eigenvalue weighted by Gasteiger charge is -1.86. The van der Waals surface area contributed by atoms with E-state index >= 15 is 0 Å². The summed E-state index contributed by atoms with van der Waals surface area (Å²) in [4.78, 5) is 0. The Morgan fingerprint density at radius 2 is 1.67 bits per heavy atom. The molecule has 0 aromatic carbocycles. The molecule has 0 bridgehead atoms. The van der Waals surface area contributed by atoms with E-state index in [1.54, 1.807) is 0 Å². The highest BCUT2D eigenvalue weighted by Gasteiger charge is 2.10. The summed E-state index contributed by atoms with van der Waals surface area (Å²) >= 11 is 0.729. The van der Waals surface area contributed by atoms with Crippen molar-refractivity contribution in [2.45, 2.75) is 0 Å². The standard InChI is InChI=1S/C4H3BO3S/c5-3-1(6)2(7)4(8)9-3/h6-8H. The predicted molar refractivity (Wildman–Crippen MR) is 34.7 cm³/mol. The Labute approximate surface area is 56.6 Å². The highest BCUT2D eigenvalue weighted by Crippen LogP contribution is 2.37. The van der Waals surface area contributed by atoms with Crippen molar-refractivity contribution in [1.82, 2.24) is 0 Å². The Bertz CT molecular complexity index is 209. The maximum absolute atomic E-state index is 8.70. The largest absolute Gasteiger partial charge is 0.504 e. The van der Waals surface area contributed by atoms with Gasteiger partial charge in [-0.1, -0.05) is 0 Å². The van der Waals surface area contributed by atoms with E-state index in [0.717, 1.165) is 11.3 Å². The molecule has 46 valence electrons. The molecule has 0 amide bonds. The van der Waals surface area contributed by atoms with Crippen LogP contribution >= 0.6 is 11.3 Å². The van der Waals surface area contributed by atoms with Crippen molar-refractivity contribution >= 4 is 24.0 Å². The first kappa shape index (κ1) is 6.29. The van der Waals surface area contributed by atoms with Gasteiger partial charge in [-0.2, -0.15) is 0 Å². The van der Waals surface area contributed by atoms with E-state index < -0.39 is 11.5 Å². The molecule has 3 N–H and O–H groups in total. The average molecular weight is 142 g/mol. The fraction of sp³-hybridized carbons (Fsp3) is 0. The van der Waals surface area contributed by atoms with Gasteiger partial charge in [0.25, 0.3) is 0 Å². The maximum atomic E-state index is 8.70. The van der Waals surface area contributed by atoms with E-state index in [2.05, 4.69) is 0 Å². The van der Waals surface area contributed by atoms with Gasteiger partial charge in [0, 0.05) is 4.78 Å². The van der Waals surface area contributed by atoms with Crippen molar-refractivity contribution in [3.8, 4) is 16.6 Å². The molecule has 1 heterocycles. The Kier molecular flexibility index (Phi) is 1.29. The molecule has 1 aromatic rings. The van der Waals surface area contributed by atoms with Crippen molar-refractivity contribution in [2.75, 3.05) is 0 Å². The van der Waals surface area contributed by atoms with Crippen LogP contribution < -0.4 is 4.78 Å². The summed E-state index contributed by atoms with van der Waals surface area (Å²) in [7, 11) is 5.09. The molecule has 0 saturated heterocycles. The third kappa shape index (κ3) is 0.831. The second kappa shape index (κ2) is 1.84. The molecule has 5 heteroatoms. The third-order valence-corrected chi connectivity index (χ3v) is 1.67. The molecule has 0 fully saturated rings. The van der Waals surface area contributed by atoms with E-state index in [1.165, 1.54) is 0 Å². The minimum Gasteiger partial charge on any atom is -0.504 e. The maximum Gasteiger partial charge on any atom is 0.217 e. The minimum atomic E-state index is -0.544. The molecule has 2 radical (unpaired) electrons. The zero-order valence-electron chi connectivity index (χ0n) is 4.33. The monoisotopic (exact) mass is 142 g/mol. The summed E-state index contributed by atoms with van der Waals surface area (Å²) in [5.74, 6) is -0.991. The van der Waals surface area contributed by atoms with Crippen molar-refractivity contribution in [2.24, 2.45) is 0 Å². The molecule has 1 rings (SSSR count). The highest BCUT2D eigenvalue weighted by molar-refractivity contribution is 7.22. The van der Waals surface area contributed by atoms with Crippen molar-refractivity contribution in [1.29, 1.82) is 0 Å². The van der Waals surface area contributed by atoms with E-state index in [0.29, 0.717) is 0 Å². The molecule has 0 atom stereocenters. The lowest BCUT2D eigenvalue weighted by atomic mass is 10.1. The van der Waals surface area contributed by atoms with Crippen LogP contribution in [0, 0.1) is 0 Å². The highest BCUT2D eigenvalue weighted by atomic mass is 32.1. The van der Waals surface area contributed by atoms with Gasteiger partial charge in [-0.25, -0.2) is 0 Å². The van der Waals surface area contributed by atoms with Gasteiger partial charge in [-0.3, -0.25) is 0 Å². The van der Waals surface area contributed by atoms with Gasteiger partial charge in [-0.15, -0.1) is 11.3 Å². The second-order valence-electron chi connectivity index (χ2n) is 1.47. The molecule has 1 aromatic heterocycles. The van der Waals surface area contributed by atoms with Crippen LogP contribution in [-0.2, 0) is 0 Å². The van der Waals surface area contributed by atoms with Gasteiger partial charge in [0.2, 0.25) is 10.8 Å². The smallest absolute Gasteiger partial charge is 0.217 e. The molecule has 0 unspecified atom stereocenters. The predicted octanol–water partition coefficient (Wildman–Crippen LogP) is -0.341. The van der Waals surface area contributed by atoms with Gasteiger partial charge >= 0.3 is 0 Å². The van der Waals surface area contributed by atoms with Crippen LogP contribution in [0.2, 0.25) is 0 Å². The molecule has 3 nitrogen and oxygen atoms in total. The summed E-state index contributed by atoms with van der Waals surface area (Å²) in [6.07, 6.45) is 0. The van der Waals surface area contributed by atoms with Gasteiger partial charge in [-0.05, 0) is 0 Å². The molecule has 0 aliphatic rings. The van der Waals surface area contributed by atoms with E-state index in [9.17, 15) is 0 Å². The first-order valence-electron chi connectivity index (χ1n) is 2.12. The Balaban J connectivity index is 3.29. The van der Waals surface area contributed by atoms with Crippen LogP contribution in [0.5, 0.6) is 16.6 Å². The van der Waals surface area contributed by atoms with Crippen LogP contribution in [0.4, 0.5) is 0 Å². The van der Waals surface area contributed by atoms with Crippen LogP contribution in [0.1, 0.15) is 0 Å². The van der Waals surface area contributed by atoms with Gasteiger partial charge in [0.15, 0.2) is 5.75 Å². The summed E-state index contributed by atoms with van der Waals surface area (Å²) in [6.45, 7) is 0. The van der Waals surface area contributed by atoms with Gasteiger partial charge in [0.1, 0.15) is 7.85 Å². The van der Waals surface area contributed by atoms with Crippen molar-refractivity contribution in [3.63, 3.8) is 0 Å². The normalized spacial score (nSPS) is 9.78. The molecule has 9 heavy (non-hydrogen) atoms. The second-order valence-corrected chi connectivity index (χ2v) is 2.50. The Hall–Kier alpha value is -0.835. The van der Waals surface area contributed by atoms with Crippen molar-refractivity contribution < 1.29 is 15.3 Å². The fourth-order valence-corrected chi connectivity index (χ4v) is 1.01. The van der Waals surface area contributed by atoms with Crippen LogP contribution in [0.3, 0.4) is 0 Å². The van der Waals surface area contributed by atoms with Crippen molar-refractivity contribution in [3.05, 3.63) is 0 Å². The summed E-state index contributed by atoms with van der Waals surface area (Å²) in [5, 5.41) is 25.7. The fourth-order valence-electron chi connectivity index (χ4n) is 0.419. The first-order valence-corrected chi connectivity index (χ1v) is 2.93. The lowest BCUT2D eigenvalue weighted by Crippen LogP contribution is -1.91. The molecular weight excluding hydrogens is 139 g/mol. The zero-order chi connectivity index (χ0) is 7.02. The molecule has 0 saturated carbocycles. The number of hydrogen-bond acceptors (Lipinski definition) is 4. The number of aromatic hydroxyl groups is 3. The number of hydrogen-bond donors (Lipinski definition) is 3. The van der Waals surface area contributed by atoms with Crippen LogP contribution in [-0.4, -0.2) is 23.2 Å². The van der Waals surface area contributed by atoms with Gasteiger partial charge < -0.3 is 15.3 Å². The van der Waals surface area contributed by atoms with Crippen LogP contribution in [0.25, 0.3) is 0 Å². The van der Waals surface area contributed by atoms with E-state index in [1.807, 2.05) is 0 Å². The third-order valence-electron chi connectivity index (χ3n) is 0.867. The summed E-state index contributed by atoms with van der Waals surface area (Å²) in [6, 6.07) is 0. The van der Waals surface area contributed by atoms with E-state index in [4.69, 9.17) is 23.2 Å². The van der Waals surface area contributed by atoms with Crippen LogP contribution in [0.15, 0.2) is 0 Å². The zero-order valence-corrected chi connectivity index (χ0v) is 5.14. The SMILES string of the molecule is [B]c1sc(O)c(O)c1O. The molecule has 0 spiro atoms. The average Bonchev–Trinajstić information content (AvgIpc) is 1.98. The number of rotatable bonds is 0. The topological polar surface area (TPSA) is 60.7 Å². The molecule has 0 aliphatic heterocycles. The Morgan fingerprint density at radius 3 is 1.78 bits per heavy atom. The lowest BCUT2D eigenvalue weighted by molar-refractivity contribution is 0.380. The summed E-state index contributed by atoms with van der Waals surface area (Å²) in [5.41, 5.74) is 0. The molecule has 0 aliphatic carbocycles. The first-order chi connectivity index (χ1) is 4.13. The Morgan fingerprint density at radius 1 is 1.11 bits per heavy atom. The molecular formula is C4H3BO3S. The van der Waals surface area contributed by atoms with E-state index in [-0.39, 0.29) is 9.84 Å². The summed E-state index contributed by atoms with van der Waals surface area (Å²) < 4.78 is 0.0185.